The predicted molar refractivity (Wildman–Crippen MR) is 60.6 cm³/mol. The number of carbonyl (C=O) groups excluding carboxylic acids is 1. The molecule has 6 heteroatoms. The molecule has 1 amide bonds. The van der Waals surface area contributed by atoms with Gasteiger partial charge in [-0.3, -0.25) is 9.29 Å². The molecule has 0 saturated heterocycles. The van der Waals surface area contributed by atoms with E-state index in [0.717, 1.165) is 4.90 Å². The molecule has 0 saturated carbocycles. The summed E-state index contributed by atoms with van der Waals surface area (Å²) >= 11 is 0. The molecule has 0 aromatic carbocycles. The molecule has 0 radical (unpaired) electrons. The average molecular weight is 249 g/mol. The maximum atomic E-state index is 12.0. The molecule has 0 aliphatic rings. The number of nitrogens with zero attached hydrogens (tertiary/aromatic N) is 1. The topological polar surface area (TPSA) is 66.8 Å². The number of halogens is 1. The minimum atomic E-state index is -1.16. The normalized spacial score (nSPS) is 13.0. The summed E-state index contributed by atoms with van der Waals surface area (Å²) in [7, 11) is 1.34. The van der Waals surface area contributed by atoms with Gasteiger partial charge in [-0.05, 0) is 33.6 Å². The van der Waals surface area contributed by atoms with Crippen molar-refractivity contribution in [1.29, 1.82) is 0 Å². The van der Waals surface area contributed by atoms with Crippen LogP contribution < -0.4 is 0 Å². The largest absolute Gasteiger partial charge is 0.480 e. The second-order valence-electron chi connectivity index (χ2n) is 4.78. The van der Waals surface area contributed by atoms with Crippen LogP contribution in [0.2, 0.25) is 0 Å². The van der Waals surface area contributed by atoms with Gasteiger partial charge in [0.15, 0.2) is 0 Å². The fourth-order valence-electron chi connectivity index (χ4n) is 1.21. The number of aliphatic carboxylic acids is 1. The Morgan fingerprint density at radius 3 is 2.29 bits per heavy atom. The molecule has 0 rings (SSSR count). The number of ether oxygens (including phenoxy) is 1. The number of carbonyl (C=O) groups is 2. The minimum Gasteiger partial charge on any atom is -0.480 e. The zero-order valence-corrected chi connectivity index (χ0v) is 10.7. The van der Waals surface area contributed by atoms with Crippen LogP contribution in [0.4, 0.5) is 9.18 Å². The van der Waals surface area contributed by atoms with E-state index in [2.05, 4.69) is 0 Å². The summed E-state index contributed by atoms with van der Waals surface area (Å²) < 4.78 is 17.1. The van der Waals surface area contributed by atoms with Crippen LogP contribution in [0.3, 0.4) is 0 Å². The van der Waals surface area contributed by atoms with Gasteiger partial charge in [-0.2, -0.15) is 0 Å². The highest BCUT2D eigenvalue weighted by Crippen LogP contribution is 2.13. The maximum Gasteiger partial charge on any atom is 0.410 e. The van der Waals surface area contributed by atoms with Crippen molar-refractivity contribution >= 4 is 12.1 Å². The van der Waals surface area contributed by atoms with Gasteiger partial charge >= 0.3 is 12.1 Å². The van der Waals surface area contributed by atoms with Crippen LogP contribution in [0.1, 0.15) is 33.6 Å². The molecular weight excluding hydrogens is 229 g/mol. The third-order valence-corrected chi connectivity index (χ3v) is 2.05. The van der Waals surface area contributed by atoms with Gasteiger partial charge in [0.2, 0.25) is 0 Å². The molecule has 0 fully saturated rings. The third-order valence-electron chi connectivity index (χ3n) is 2.05. The number of carboxylic acid groups (broad SMARTS) is 1. The Labute approximate surface area is 101 Å². The molecular formula is C11H20FNO4. The van der Waals surface area contributed by atoms with Gasteiger partial charge in [-0.15, -0.1) is 0 Å². The van der Waals surface area contributed by atoms with Gasteiger partial charge in [0.25, 0.3) is 0 Å². The molecule has 0 aromatic rings. The van der Waals surface area contributed by atoms with Crippen molar-refractivity contribution in [3.05, 3.63) is 0 Å². The van der Waals surface area contributed by atoms with Gasteiger partial charge in [0, 0.05) is 7.05 Å². The summed E-state index contributed by atoms with van der Waals surface area (Å²) in [6.07, 6.45) is -0.546. The van der Waals surface area contributed by atoms with Gasteiger partial charge in [-0.1, -0.05) is 0 Å². The average Bonchev–Trinajstić information content (AvgIpc) is 2.14. The molecule has 0 aliphatic carbocycles. The van der Waals surface area contributed by atoms with E-state index in [-0.39, 0.29) is 12.8 Å². The van der Waals surface area contributed by atoms with Gasteiger partial charge in [0.1, 0.15) is 11.6 Å². The zero-order valence-electron chi connectivity index (χ0n) is 10.7. The van der Waals surface area contributed by atoms with E-state index in [0.29, 0.717) is 0 Å². The molecule has 1 N–H and O–H groups in total. The third kappa shape index (κ3) is 6.09. The van der Waals surface area contributed by atoms with E-state index in [1.807, 2.05) is 0 Å². The van der Waals surface area contributed by atoms with E-state index >= 15 is 0 Å². The lowest BCUT2D eigenvalue weighted by molar-refractivity contribution is -0.143. The Bertz CT molecular complexity index is 275. The van der Waals surface area contributed by atoms with Crippen molar-refractivity contribution < 1.29 is 23.8 Å². The van der Waals surface area contributed by atoms with Crippen LogP contribution >= 0.6 is 0 Å². The Morgan fingerprint density at radius 2 is 1.94 bits per heavy atom. The van der Waals surface area contributed by atoms with E-state index in [4.69, 9.17) is 9.84 Å². The molecule has 100 valence electrons. The quantitative estimate of drug-likeness (QED) is 0.809. The van der Waals surface area contributed by atoms with Crippen LogP contribution in [-0.2, 0) is 9.53 Å². The van der Waals surface area contributed by atoms with Crippen LogP contribution in [0.25, 0.3) is 0 Å². The number of rotatable bonds is 5. The monoisotopic (exact) mass is 249 g/mol. The van der Waals surface area contributed by atoms with E-state index in [1.54, 1.807) is 20.8 Å². The molecule has 0 aromatic heterocycles. The number of carboxylic acids is 1. The number of hydrogen-bond acceptors (Lipinski definition) is 3. The van der Waals surface area contributed by atoms with Crippen molar-refractivity contribution in [1.82, 2.24) is 4.90 Å². The SMILES string of the molecule is CN(C(=O)OC(C)(C)C)C(CCCF)C(=O)O. The maximum absolute atomic E-state index is 12.0. The lowest BCUT2D eigenvalue weighted by Gasteiger charge is -2.28. The van der Waals surface area contributed by atoms with Crippen LogP contribution in [0, 0.1) is 0 Å². The summed E-state index contributed by atoms with van der Waals surface area (Å²) in [6.45, 7) is 4.47. The fraction of sp³-hybridized carbons (Fsp3) is 0.818. The lowest BCUT2D eigenvalue weighted by Crippen LogP contribution is -2.44. The highest BCUT2D eigenvalue weighted by Gasteiger charge is 2.29. The van der Waals surface area contributed by atoms with E-state index in [1.165, 1.54) is 7.05 Å². The Morgan fingerprint density at radius 1 is 1.41 bits per heavy atom. The van der Waals surface area contributed by atoms with Crippen molar-refractivity contribution in [2.45, 2.75) is 45.3 Å². The first-order valence-electron chi connectivity index (χ1n) is 5.43. The molecule has 0 spiro atoms. The predicted octanol–water partition coefficient (Wildman–Crippen LogP) is 2.06. The van der Waals surface area contributed by atoms with Crippen molar-refractivity contribution in [2.24, 2.45) is 0 Å². The van der Waals surface area contributed by atoms with Crippen LogP contribution in [0.15, 0.2) is 0 Å². The summed E-state index contributed by atoms with van der Waals surface area (Å²) in [5.74, 6) is -1.16. The summed E-state index contributed by atoms with van der Waals surface area (Å²) in [5.41, 5.74) is -0.686. The van der Waals surface area contributed by atoms with Crippen molar-refractivity contribution in [3.63, 3.8) is 0 Å². The Kier molecular flexibility index (Phi) is 5.91. The number of alkyl halides is 1. The first kappa shape index (κ1) is 15.7. The minimum absolute atomic E-state index is 0.0710. The van der Waals surface area contributed by atoms with E-state index in [9.17, 15) is 14.0 Å². The lowest BCUT2D eigenvalue weighted by atomic mass is 10.1. The highest BCUT2D eigenvalue weighted by atomic mass is 19.1. The first-order chi connectivity index (χ1) is 7.69. The highest BCUT2D eigenvalue weighted by molar-refractivity contribution is 5.79. The summed E-state index contributed by atoms with van der Waals surface area (Å²) in [5, 5.41) is 8.95. The van der Waals surface area contributed by atoms with Gasteiger partial charge in [0.05, 0.1) is 6.67 Å². The van der Waals surface area contributed by atoms with E-state index < -0.39 is 30.4 Å². The molecule has 0 heterocycles. The molecule has 1 unspecified atom stereocenters. The second-order valence-corrected chi connectivity index (χ2v) is 4.78. The molecule has 0 bridgehead atoms. The van der Waals surface area contributed by atoms with Crippen LogP contribution in [0.5, 0.6) is 0 Å². The standard InChI is InChI=1S/C11H20FNO4/c1-11(2,3)17-10(16)13(4)8(9(14)15)6-5-7-12/h8H,5-7H2,1-4H3,(H,14,15). The first-order valence-corrected chi connectivity index (χ1v) is 5.43. The summed E-state index contributed by atoms with van der Waals surface area (Å²) in [4.78, 5) is 23.5. The van der Waals surface area contributed by atoms with Crippen molar-refractivity contribution in [2.75, 3.05) is 13.7 Å². The second kappa shape index (κ2) is 6.42. The number of likely N-dealkylation sites (N-methyl/N-ethyl adjacent to an activating group) is 1. The fourth-order valence-corrected chi connectivity index (χ4v) is 1.21. The van der Waals surface area contributed by atoms with Crippen LogP contribution in [-0.4, -0.2) is 47.4 Å². The Balaban J connectivity index is 4.55. The number of amides is 1. The van der Waals surface area contributed by atoms with Crippen molar-refractivity contribution in [3.8, 4) is 0 Å². The number of hydrogen-bond donors (Lipinski definition) is 1. The van der Waals surface area contributed by atoms with Gasteiger partial charge < -0.3 is 9.84 Å². The Hall–Kier alpha value is -1.33. The molecule has 17 heavy (non-hydrogen) atoms. The zero-order chi connectivity index (χ0) is 13.6. The smallest absolute Gasteiger partial charge is 0.410 e. The summed E-state index contributed by atoms with van der Waals surface area (Å²) in [6, 6.07) is -1.06. The molecule has 0 aliphatic heterocycles. The van der Waals surface area contributed by atoms with Gasteiger partial charge in [-0.25, -0.2) is 9.59 Å². The molecule has 5 nitrogen and oxygen atoms in total. The molecule has 1 atom stereocenters.